The van der Waals surface area contributed by atoms with Crippen LogP contribution in [0.5, 0.6) is 0 Å². The highest BCUT2D eigenvalue weighted by Gasteiger charge is 2.08. The second kappa shape index (κ2) is 8.80. The lowest BCUT2D eigenvalue weighted by Crippen LogP contribution is -2.00. The van der Waals surface area contributed by atoms with Gasteiger partial charge in [-0.3, -0.25) is 0 Å². The van der Waals surface area contributed by atoms with Gasteiger partial charge in [0.15, 0.2) is 0 Å². The molecule has 0 spiro atoms. The second-order valence-electron chi connectivity index (χ2n) is 5.94. The number of hydrogen-bond acceptors (Lipinski definition) is 6. The predicted octanol–water partition coefficient (Wildman–Crippen LogP) is 4.23. The smallest absolute Gasteiger partial charge is 0.330 e. The van der Waals surface area contributed by atoms with E-state index in [2.05, 4.69) is 15.5 Å². The first-order valence-electron chi connectivity index (χ1n) is 8.72. The number of ether oxygens (including phenoxy) is 1. The molecule has 1 N–H and O–H groups in total. The van der Waals surface area contributed by atoms with Gasteiger partial charge < -0.3 is 14.6 Å². The number of carbonyl (C=O) groups excluding carboxylic acids is 1. The molecule has 138 valence electrons. The third-order valence-electron chi connectivity index (χ3n) is 3.80. The summed E-state index contributed by atoms with van der Waals surface area (Å²) in [6.07, 6.45) is 3.13. The molecule has 3 aromatic rings. The fraction of sp³-hybridized carbons (Fsp3) is 0.190. The maximum absolute atomic E-state index is 11.3. The highest BCUT2D eigenvalue weighted by atomic mass is 16.5. The monoisotopic (exact) mass is 363 g/mol. The van der Waals surface area contributed by atoms with E-state index in [9.17, 15) is 4.79 Å². The Morgan fingerprint density at radius 2 is 2.04 bits per heavy atom. The number of anilines is 1. The van der Waals surface area contributed by atoms with Crippen molar-refractivity contribution in [2.75, 3.05) is 11.9 Å². The molecule has 6 heteroatoms. The van der Waals surface area contributed by atoms with E-state index in [4.69, 9.17) is 9.26 Å². The number of nitrogens with zero attached hydrogens (tertiary/aromatic N) is 2. The zero-order valence-corrected chi connectivity index (χ0v) is 15.3. The van der Waals surface area contributed by atoms with Crippen molar-refractivity contribution in [2.45, 2.75) is 20.4 Å². The zero-order chi connectivity index (χ0) is 19.1. The standard InChI is InChI=1S/C21H21N3O3/c1-3-26-20(25)12-9-16-7-10-18(11-8-16)22-14-19-23-21(24-27-19)17-6-4-5-15(2)13-17/h4-13,22H,3,14H2,1-2H3/b12-9+. The van der Waals surface area contributed by atoms with Crippen LogP contribution in [-0.2, 0) is 16.1 Å². The van der Waals surface area contributed by atoms with E-state index >= 15 is 0 Å². The van der Waals surface area contributed by atoms with Crippen molar-refractivity contribution in [2.24, 2.45) is 0 Å². The van der Waals surface area contributed by atoms with E-state index in [1.807, 2.05) is 55.5 Å². The Hall–Kier alpha value is -3.41. The zero-order valence-electron chi connectivity index (χ0n) is 15.3. The van der Waals surface area contributed by atoms with E-state index < -0.39 is 0 Å². The number of nitrogens with one attached hydrogen (secondary N) is 1. The molecule has 0 amide bonds. The van der Waals surface area contributed by atoms with Gasteiger partial charge in [-0.15, -0.1) is 0 Å². The first kappa shape index (κ1) is 18.4. The summed E-state index contributed by atoms with van der Waals surface area (Å²) in [4.78, 5) is 15.7. The minimum absolute atomic E-state index is 0.347. The molecule has 1 aromatic heterocycles. The Kier molecular flexibility index (Phi) is 5.99. The largest absolute Gasteiger partial charge is 0.463 e. The first-order valence-corrected chi connectivity index (χ1v) is 8.72. The quantitative estimate of drug-likeness (QED) is 0.500. The van der Waals surface area contributed by atoms with Gasteiger partial charge in [0.2, 0.25) is 11.7 Å². The number of esters is 1. The number of hydrogen-bond donors (Lipinski definition) is 1. The molecule has 0 radical (unpaired) electrons. The van der Waals surface area contributed by atoms with Crippen molar-refractivity contribution in [3.63, 3.8) is 0 Å². The van der Waals surface area contributed by atoms with E-state index in [1.54, 1.807) is 13.0 Å². The number of rotatable bonds is 7. The van der Waals surface area contributed by atoms with Crippen LogP contribution in [0.25, 0.3) is 17.5 Å². The van der Waals surface area contributed by atoms with Crippen molar-refractivity contribution in [1.29, 1.82) is 0 Å². The van der Waals surface area contributed by atoms with Gasteiger partial charge in [-0.05, 0) is 43.7 Å². The fourth-order valence-corrected chi connectivity index (χ4v) is 2.47. The molecule has 2 aromatic carbocycles. The minimum atomic E-state index is -0.347. The third kappa shape index (κ3) is 5.28. The molecule has 0 bridgehead atoms. The normalized spacial score (nSPS) is 10.9. The number of benzene rings is 2. The summed E-state index contributed by atoms with van der Waals surface area (Å²) >= 11 is 0. The van der Waals surface area contributed by atoms with Gasteiger partial charge >= 0.3 is 5.97 Å². The molecular weight excluding hydrogens is 342 g/mol. The average Bonchev–Trinajstić information content (AvgIpc) is 3.15. The maximum atomic E-state index is 11.3. The highest BCUT2D eigenvalue weighted by molar-refractivity contribution is 5.87. The van der Waals surface area contributed by atoms with E-state index in [1.165, 1.54) is 6.08 Å². The van der Waals surface area contributed by atoms with Gasteiger partial charge in [-0.2, -0.15) is 4.98 Å². The summed E-state index contributed by atoms with van der Waals surface area (Å²) in [5.41, 5.74) is 3.91. The Labute approximate surface area is 157 Å². The SMILES string of the molecule is CCOC(=O)/C=C/c1ccc(NCc2nc(-c3cccc(C)c3)no2)cc1. The summed E-state index contributed by atoms with van der Waals surface area (Å²) in [6, 6.07) is 15.6. The van der Waals surface area contributed by atoms with Crippen LogP contribution in [0.15, 0.2) is 59.1 Å². The number of aromatic nitrogens is 2. The van der Waals surface area contributed by atoms with Gasteiger partial charge in [0, 0.05) is 17.3 Å². The molecule has 0 aliphatic carbocycles. The molecule has 0 aliphatic rings. The molecule has 27 heavy (non-hydrogen) atoms. The van der Waals surface area contributed by atoms with E-state index in [0.29, 0.717) is 24.9 Å². The van der Waals surface area contributed by atoms with Crippen LogP contribution in [0.1, 0.15) is 23.9 Å². The van der Waals surface area contributed by atoms with Crippen LogP contribution < -0.4 is 5.32 Å². The van der Waals surface area contributed by atoms with Crippen molar-refractivity contribution < 1.29 is 14.1 Å². The van der Waals surface area contributed by atoms with Gasteiger partial charge in [0.25, 0.3) is 0 Å². The van der Waals surface area contributed by atoms with Crippen LogP contribution in [0, 0.1) is 6.92 Å². The molecule has 0 fully saturated rings. The topological polar surface area (TPSA) is 77.2 Å². The lowest BCUT2D eigenvalue weighted by molar-refractivity contribution is -0.137. The van der Waals surface area contributed by atoms with Crippen molar-refractivity contribution >= 4 is 17.7 Å². The van der Waals surface area contributed by atoms with Crippen LogP contribution in [-0.4, -0.2) is 22.7 Å². The fourth-order valence-electron chi connectivity index (χ4n) is 2.47. The lowest BCUT2D eigenvalue weighted by atomic mass is 10.1. The summed E-state index contributed by atoms with van der Waals surface area (Å²) in [7, 11) is 0. The molecule has 1 heterocycles. The molecule has 0 unspecified atom stereocenters. The molecule has 0 saturated carbocycles. The van der Waals surface area contributed by atoms with Crippen molar-refractivity contribution in [3.8, 4) is 11.4 Å². The Morgan fingerprint density at radius 3 is 2.78 bits per heavy atom. The van der Waals surface area contributed by atoms with Crippen molar-refractivity contribution in [1.82, 2.24) is 10.1 Å². The molecule has 0 saturated heterocycles. The summed E-state index contributed by atoms with van der Waals surface area (Å²) in [5.74, 6) is 0.744. The molecule has 0 aliphatic heterocycles. The average molecular weight is 363 g/mol. The Balaban J connectivity index is 1.57. The Morgan fingerprint density at radius 1 is 1.22 bits per heavy atom. The first-order chi connectivity index (χ1) is 13.1. The lowest BCUT2D eigenvalue weighted by Gasteiger charge is -2.03. The maximum Gasteiger partial charge on any atom is 0.330 e. The molecular formula is C21H21N3O3. The second-order valence-corrected chi connectivity index (χ2v) is 5.94. The number of aryl methyl sites for hydroxylation is 1. The highest BCUT2D eigenvalue weighted by Crippen LogP contribution is 2.18. The summed E-state index contributed by atoms with van der Waals surface area (Å²) < 4.78 is 10.2. The molecule has 3 rings (SSSR count). The van der Waals surface area contributed by atoms with E-state index in [0.717, 1.165) is 22.4 Å². The summed E-state index contributed by atoms with van der Waals surface area (Å²) in [5, 5.41) is 7.27. The van der Waals surface area contributed by atoms with Crippen LogP contribution in [0.3, 0.4) is 0 Å². The number of carbonyl (C=O) groups is 1. The van der Waals surface area contributed by atoms with Crippen LogP contribution in [0.2, 0.25) is 0 Å². The van der Waals surface area contributed by atoms with Crippen LogP contribution >= 0.6 is 0 Å². The third-order valence-corrected chi connectivity index (χ3v) is 3.80. The minimum Gasteiger partial charge on any atom is -0.463 e. The van der Waals surface area contributed by atoms with Crippen LogP contribution in [0.4, 0.5) is 5.69 Å². The van der Waals surface area contributed by atoms with Gasteiger partial charge in [0.05, 0.1) is 13.2 Å². The van der Waals surface area contributed by atoms with E-state index in [-0.39, 0.29) is 5.97 Å². The predicted molar refractivity (Wildman–Crippen MR) is 104 cm³/mol. The van der Waals surface area contributed by atoms with Gasteiger partial charge in [-0.25, -0.2) is 4.79 Å². The Bertz CT molecular complexity index is 930. The van der Waals surface area contributed by atoms with Gasteiger partial charge in [-0.1, -0.05) is 41.1 Å². The van der Waals surface area contributed by atoms with Gasteiger partial charge in [0.1, 0.15) is 0 Å². The van der Waals surface area contributed by atoms with Crippen molar-refractivity contribution in [3.05, 3.63) is 71.6 Å². The summed E-state index contributed by atoms with van der Waals surface area (Å²) in [6.45, 7) is 4.60. The molecule has 6 nitrogen and oxygen atoms in total. The molecule has 0 atom stereocenters.